The van der Waals surface area contributed by atoms with Crippen molar-refractivity contribution in [2.24, 2.45) is 0 Å². The highest BCUT2D eigenvalue weighted by molar-refractivity contribution is 7.91. The van der Waals surface area contributed by atoms with Gasteiger partial charge in [-0.2, -0.15) is 5.26 Å². The minimum Gasteiger partial charge on any atom is -0.495 e. The molecule has 18 heavy (non-hydrogen) atoms. The predicted molar refractivity (Wildman–Crippen MR) is 70.5 cm³/mol. The van der Waals surface area contributed by atoms with Gasteiger partial charge in [0.2, 0.25) is 0 Å². The third kappa shape index (κ3) is 3.93. The topological polar surface area (TPSA) is 79.2 Å². The Balaban J connectivity index is 2.71. The zero-order valence-corrected chi connectivity index (χ0v) is 11.3. The highest BCUT2D eigenvalue weighted by Gasteiger charge is 2.08. The van der Waals surface area contributed by atoms with Crippen LogP contribution < -0.4 is 10.1 Å². The zero-order chi connectivity index (χ0) is 13.6. The van der Waals surface area contributed by atoms with E-state index in [1.54, 1.807) is 25.1 Å². The highest BCUT2D eigenvalue weighted by atomic mass is 32.2. The molecule has 0 bridgehead atoms. The molecule has 98 valence electrons. The van der Waals surface area contributed by atoms with Crippen LogP contribution in [0.5, 0.6) is 5.75 Å². The molecule has 1 aromatic rings. The van der Waals surface area contributed by atoms with Crippen LogP contribution in [0, 0.1) is 11.3 Å². The molecular formula is C12H16N2O3S. The molecule has 0 aliphatic carbocycles. The van der Waals surface area contributed by atoms with Crippen LogP contribution in [0.15, 0.2) is 18.2 Å². The third-order valence-electron chi connectivity index (χ3n) is 2.50. The molecule has 0 aromatic heterocycles. The summed E-state index contributed by atoms with van der Waals surface area (Å²) in [4.78, 5) is 0. The number of benzene rings is 1. The second kappa shape index (κ2) is 6.26. The summed E-state index contributed by atoms with van der Waals surface area (Å²) in [7, 11) is -1.47. The predicted octanol–water partition coefficient (Wildman–Crippen LogP) is 1.41. The van der Waals surface area contributed by atoms with Crippen molar-refractivity contribution in [2.45, 2.75) is 6.92 Å². The first-order chi connectivity index (χ1) is 8.52. The van der Waals surface area contributed by atoms with Crippen molar-refractivity contribution in [3.05, 3.63) is 23.8 Å². The van der Waals surface area contributed by atoms with Gasteiger partial charge in [-0.05, 0) is 12.1 Å². The maximum Gasteiger partial charge on any atom is 0.151 e. The van der Waals surface area contributed by atoms with Crippen LogP contribution in [-0.2, 0) is 9.84 Å². The normalized spacial score (nSPS) is 10.7. The summed E-state index contributed by atoms with van der Waals surface area (Å²) in [5.74, 6) is 0.745. The molecule has 0 amide bonds. The molecule has 0 spiro atoms. The Hall–Kier alpha value is -1.74. The maximum atomic E-state index is 11.3. The minimum absolute atomic E-state index is 0.0760. The van der Waals surface area contributed by atoms with Crippen molar-refractivity contribution in [1.29, 1.82) is 5.26 Å². The van der Waals surface area contributed by atoms with E-state index in [1.165, 1.54) is 7.11 Å². The standard InChI is InChI=1S/C12H16N2O3S/c1-3-18(15,16)7-6-14-11-5-4-10(9-13)8-12(11)17-2/h4-5,8,14H,3,6-7H2,1-2H3. The summed E-state index contributed by atoms with van der Waals surface area (Å²) in [5.41, 5.74) is 1.18. The number of hydrogen-bond acceptors (Lipinski definition) is 5. The van der Waals surface area contributed by atoms with E-state index >= 15 is 0 Å². The molecule has 0 saturated heterocycles. The molecule has 1 N–H and O–H groups in total. The number of hydrogen-bond donors (Lipinski definition) is 1. The lowest BCUT2D eigenvalue weighted by atomic mass is 10.2. The van der Waals surface area contributed by atoms with E-state index in [-0.39, 0.29) is 11.5 Å². The first-order valence-corrected chi connectivity index (χ1v) is 7.37. The largest absolute Gasteiger partial charge is 0.495 e. The summed E-state index contributed by atoms with van der Waals surface area (Å²) >= 11 is 0. The van der Waals surface area contributed by atoms with Crippen molar-refractivity contribution in [3.8, 4) is 11.8 Å². The Morgan fingerprint density at radius 1 is 1.44 bits per heavy atom. The first kappa shape index (κ1) is 14.3. The molecule has 0 fully saturated rings. The van der Waals surface area contributed by atoms with E-state index in [0.29, 0.717) is 23.5 Å². The van der Waals surface area contributed by atoms with Gasteiger partial charge in [0.25, 0.3) is 0 Å². The number of nitrogens with one attached hydrogen (secondary N) is 1. The molecule has 0 atom stereocenters. The molecule has 5 nitrogen and oxygen atoms in total. The maximum absolute atomic E-state index is 11.3. The van der Waals surface area contributed by atoms with Crippen molar-refractivity contribution < 1.29 is 13.2 Å². The average molecular weight is 268 g/mol. The van der Waals surface area contributed by atoms with Gasteiger partial charge >= 0.3 is 0 Å². The van der Waals surface area contributed by atoms with E-state index < -0.39 is 9.84 Å². The highest BCUT2D eigenvalue weighted by Crippen LogP contribution is 2.24. The van der Waals surface area contributed by atoms with Gasteiger partial charge in [0.15, 0.2) is 9.84 Å². The quantitative estimate of drug-likeness (QED) is 0.844. The molecule has 0 unspecified atom stereocenters. The summed E-state index contributed by atoms with van der Waals surface area (Å²) < 4.78 is 27.8. The molecule has 0 radical (unpaired) electrons. The van der Waals surface area contributed by atoms with E-state index in [2.05, 4.69) is 5.32 Å². The van der Waals surface area contributed by atoms with Crippen molar-refractivity contribution in [1.82, 2.24) is 0 Å². The van der Waals surface area contributed by atoms with Gasteiger partial charge in [-0.1, -0.05) is 6.92 Å². The van der Waals surface area contributed by atoms with Gasteiger partial charge in [-0.15, -0.1) is 0 Å². The van der Waals surface area contributed by atoms with Gasteiger partial charge in [-0.3, -0.25) is 0 Å². The molecule has 0 saturated carbocycles. The molecule has 6 heteroatoms. The van der Waals surface area contributed by atoms with Crippen LogP contribution in [0.1, 0.15) is 12.5 Å². The Labute approximate surface area is 107 Å². The van der Waals surface area contributed by atoms with E-state index in [1.807, 2.05) is 6.07 Å². The number of rotatable bonds is 6. The van der Waals surface area contributed by atoms with Gasteiger partial charge in [0, 0.05) is 18.4 Å². The summed E-state index contributed by atoms with van der Waals surface area (Å²) in [6.45, 7) is 1.94. The lowest BCUT2D eigenvalue weighted by molar-refractivity contribution is 0.416. The Morgan fingerprint density at radius 3 is 2.72 bits per heavy atom. The van der Waals surface area contributed by atoms with Crippen LogP contribution in [0.3, 0.4) is 0 Å². The molecular weight excluding hydrogens is 252 g/mol. The average Bonchev–Trinajstić information content (AvgIpc) is 2.38. The summed E-state index contributed by atoms with van der Waals surface area (Å²) in [5, 5.41) is 11.8. The summed E-state index contributed by atoms with van der Waals surface area (Å²) in [6.07, 6.45) is 0. The Bertz CT molecular complexity index is 547. The van der Waals surface area contributed by atoms with Crippen LogP contribution >= 0.6 is 0 Å². The molecule has 0 aliphatic heterocycles. The SMILES string of the molecule is CCS(=O)(=O)CCNc1ccc(C#N)cc1OC. The number of ether oxygens (including phenoxy) is 1. The van der Waals surface area contributed by atoms with E-state index in [9.17, 15) is 8.42 Å². The molecule has 0 aliphatic rings. The van der Waals surface area contributed by atoms with E-state index in [0.717, 1.165) is 0 Å². The van der Waals surface area contributed by atoms with Gasteiger partial charge in [0.05, 0.1) is 30.2 Å². The monoisotopic (exact) mass is 268 g/mol. The lowest BCUT2D eigenvalue weighted by Gasteiger charge is -2.11. The zero-order valence-electron chi connectivity index (χ0n) is 10.4. The second-order valence-electron chi connectivity index (χ2n) is 3.69. The number of nitriles is 1. The van der Waals surface area contributed by atoms with Crippen LogP contribution in [0.25, 0.3) is 0 Å². The fourth-order valence-corrected chi connectivity index (χ4v) is 2.09. The third-order valence-corrected chi connectivity index (χ3v) is 4.20. The Kier molecular flexibility index (Phi) is 4.98. The van der Waals surface area contributed by atoms with Gasteiger partial charge in [0.1, 0.15) is 5.75 Å². The fraction of sp³-hybridized carbons (Fsp3) is 0.417. The number of sulfone groups is 1. The second-order valence-corrected chi connectivity index (χ2v) is 6.16. The summed E-state index contributed by atoms with van der Waals surface area (Å²) in [6, 6.07) is 6.98. The Morgan fingerprint density at radius 2 is 2.17 bits per heavy atom. The molecule has 1 aromatic carbocycles. The minimum atomic E-state index is -2.98. The first-order valence-electron chi connectivity index (χ1n) is 5.55. The van der Waals surface area contributed by atoms with Crippen LogP contribution in [0.2, 0.25) is 0 Å². The van der Waals surface area contributed by atoms with Crippen molar-refractivity contribution in [2.75, 3.05) is 30.5 Å². The fourth-order valence-electron chi connectivity index (χ4n) is 1.39. The lowest BCUT2D eigenvalue weighted by Crippen LogP contribution is -2.17. The molecule has 0 heterocycles. The van der Waals surface area contributed by atoms with E-state index in [4.69, 9.17) is 10.00 Å². The number of methoxy groups -OCH3 is 1. The van der Waals surface area contributed by atoms with Crippen LogP contribution in [-0.4, -0.2) is 33.6 Å². The smallest absolute Gasteiger partial charge is 0.151 e. The van der Waals surface area contributed by atoms with Crippen molar-refractivity contribution >= 4 is 15.5 Å². The number of nitrogens with zero attached hydrogens (tertiary/aromatic N) is 1. The van der Waals surface area contributed by atoms with Crippen molar-refractivity contribution in [3.63, 3.8) is 0 Å². The van der Waals surface area contributed by atoms with Crippen LogP contribution in [0.4, 0.5) is 5.69 Å². The number of anilines is 1. The molecule has 1 rings (SSSR count). The van der Waals surface area contributed by atoms with Gasteiger partial charge in [-0.25, -0.2) is 8.42 Å². The van der Waals surface area contributed by atoms with Gasteiger partial charge < -0.3 is 10.1 Å².